The Balaban J connectivity index is 2.76. The van der Waals surface area contributed by atoms with Crippen molar-refractivity contribution >= 4 is 5.97 Å². The molecule has 0 saturated carbocycles. The highest BCUT2D eigenvalue weighted by molar-refractivity contribution is 5.85. The van der Waals surface area contributed by atoms with Crippen molar-refractivity contribution in [2.24, 2.45) is 0 Å². The van der Waals surface area contributed by atoms with Crippen molar-refractivity contribution in [3.63, 3.8) is 0 Å². The second kappa shape index (κ2) is 3.58. The summed E-state index contributed by atoms with van der Waals surface area (Å²) in [6.07, 6.45) is 6.22. The zero-order valence-corrected chi connectivity index (χ0v) is 6.53. The van der Waals surface area contributed by atoms with Gasteiger partial charge in [-0.2, -0.15) is 0 Å². The van der Waals surface area contributed by atoms with Crippen molar-refractivity contribution in [1.82, 2.24) is 4.98 Å². The Morgan fingerprint density at radius 1 is 1.92 bits per heavy atom. The van der Waals surface area contributed by atoms with E-state index in [1.807, 2.05) is 0 Å². The molecule has 12 heavy (non-hydrogen) atoms. The second-order valence-corrected chi connectivity index (χ2v) is 1.89. The summed E-state index contributed by atoms with van der Waals surface area (Å²) in [7, 11) is 0. The summed E-state index contributed by atoms with van der Waals surface area (Å²) in [6.45, 7) is 2.00. The maximum atomic E-state index is 10.9. The van der Waals surface area contributed by atoms with Gasteiger partial charge in [0.05, 0.1) is 12.8 Å². The number of terminal acetylenes is 1. The van der Waals surface area contributed by atoms with Crippen LogP contribution in [0, 0.1) is 12.3 Å². The molecular formula is C8H7NO3. The number of hydrogen-bond donors (Lipinski definition) is 0. The minimum atomic E-state index is -0.550. The molecule has 0 aromatic carbocycles. The van der Waals surface area contributed by atoms with Gasteiger partial charge in [0.2, 0.25) is 5.76 Å². The molecule has 4 heteroatoms. The van der Waals surface area contributed by atoms with Crippen molar-refractivity contribution in [3.8, 4) is 12.3 Å². The molecule has 1 rings (SSSR count). The minimum Gasteiger partial charge on any atom is -0.460 e. The van der Waals surface area contributed by atoms with Crippen molar-refractivity contribution in [2.45, 2.75) is 6.92 Å². The van der Waals surface area contributed by atoms with Crippen LogP contribution in [0.3, 0.4) is 0 Å². The lowest BCUT2D eigenvalue weighted by molar-refractivity contribution is 0.0489. The van der Waals surface area contributed by atoms with Crippen LogP contribution >= 0.6 is 0 Å². The van der Waals surface area contributed by atoms with E-state index in [1.54, 1.807) is 6.92 Å². The fraction of sp³-hybridized carbons (Fsp3) is 0.250. The lowest BCUT2D eigenvalue weighted by Gasteiger charge is -1.94. The molecule has 1 aromatic heterocycles. The number of oxazole rings is 1. The van der Waals surface area contributed by atoms with Gasteiger partial charge in [0.15, 0.2) is 0 Å². The Labute approximate surface area is 69.5 Å². The molecule has 0 aliphatic heterocycles. The molecule has 0 radical (unpaired) electrons. The molecule has 1 heterocycles. The first-order chi connectivity index (χ1) is 5.77. The first-order valence-corrected chi connectivity index (χ1v) is 3.37. The number of esters is 1. The summed E-state index contributed by atoms with van der Waals surface area (Å²) in [5, 5.41) is 0. The molecule has 1 aromatic rings. The molecule has 0 aliphatic rings. The fourth-order valence-electron chi connectivity index (χ4n) is 0.637. The van der Waals surface area contributed by atoms with E-state index >= 15 is 0 Å². The van der Waals surface area contributed by atoms with Gasteiger partial charge in [-0.15, -0.1) is 6.42 Å². The predicted molar refractivity (Wildman–Crippen MR) is 40.4 cm³/mol. The van der Waals surface area contributed by atoms with Crippen LogP contribution in [0.5, 0.6) is 0 Å². The molecule has 0 amide bonds. The van der Waals surface area contributed by atoms with E-state index in [2.05, 4.69) is 15.6 Å². The second-order valence-electron chi connectivity index (χ2n) is 1.89. The van der Waals surface area contributed by atoms with Gasteiger partial charge >= 0.3 is 5.97 Å². The molecule has 0 unspecified atom stereocenters. The van der Waals surface area contributed by atoms with E-state index in [0.29, 0.717) is 6.61 Å². The summed E-state index contributed by atoms with van der Waals surface area (Å²) >= 11 is 0. The van der Waals surface area contributed by atoms with Gasteiger partial charge in [0.1, 0.15) is 0 Å². The number of aromatic nitrogens is 1. The summed E-state index contributed by atoms with van der Waals surface area (Å²) < 4.78 is 9.47. The van der Waals surface area contributed by atoms with Crippen LogP contribution in [0.15, 0.2) is 10.6 Å². The Kier molecular flexibility index (Phi) is 2.49. The van der Waals surface area contributed by atoms with Crippen LogP contribution in [0.2, 0.25) is 0 Å². The quantitative estimate of drug-likeness (QED) is 0.481. The Hall–Kier alpha value is -1.76. The van der Waals surface area contributed by atoms with E-state index in [4.69, 9.17) is 10.8 Å². The SMILES string of the molecule is C#Cc1ncc(C(=O)OCC)o1. The van der Waals surface area contributed by atoms with Crippen LogP contribution < -0.4 is 0 Å². The van der Waals surface area contributed by atoms with Crippen LogP contribution in [0.1, 0.15) is 23.4 Å². The maximum Gasteiger partial charge on any atom is 0.375 e. The van der Waals surface area contributed by atoms with E-state index in [-0.39, 0.29) is 11.7 Å². The van der Waals surface area contributed by atoms with Gasteiger partial charge in [0, 0.05) is 0 Å². The maximum absolute atomic E-state index is 10.9. The van der Waals surface area contributed by atoms with Gasteiger partial charge in [0.25, 0.3) is 5.89 Å². The molecule has 0 spiro atoms. The monoisotopic (exact) mass is 165 g/mol. The molecule has 0 saturated heterocycles. The highest BCUT2D eigenvalue weighted by atomic mass is 16.5. The van der Waals surface area contributed by atoms with Crippen LogP contribution in [-0.2, 0) is 4.74 Å². The van der Waals surface area contributed by atoms with E-state index in [9.17, 15) is 4.79 Å². The lowest BCUT2D eigenvalue weighted by Crippen LogP contribution is -2.02. The molecule has 0 N–H and O–H groups in total. The average Bonchev–Trinajstić information content (AvgIpc) is 2.52. The van der Waals surface area contributed by atoms with Gasteiger partial charge in [-0.05, 0) is 12.8 Å². The third kappa shape index (κ3) is 1.64. The van der Waals surface area contributed by atoms with Crippen LogP contribution in [-0.4, -0.2) is 17.6 Å². The molecule has 0 aliphatic carbocycles. The number of nitrogens with zero attached hydrogens (tertiary/aromatic N) is 1. The molecular weight excluding hydrogens is 158 g/mol. The summed E-state index contributed by atoms with van der Waals surface area (Å²) in [5.41, 5.74) is 0. The highest BCUT2D eigenvalue weighted by Crippen LogP contribution is 2.03. The number of carbonyl (C=O) groups is 1. The lowest BCUT2D eigenvalue weighted by atomic mass is 10.5. The summed E-state index contributed by atoms with van der Waals surface area (Å²) in [5.74, 6) is 1.72. The van der Waals surface area contributed by atoms with Crippen molar-refractivity contribution < 1.29 is 13.9 Å². The molecule has 0 atom stereocenters. The van der Waals surface area contributed by atoms with Gasteiger partial charge in [-0.1, -0.05) is 0 Å². The van der Waals surface area contributed by atoms with Crippen molar-refractivity contribution in [2.75, 3.05) is 6.61 Å². The summed E-state index contributed by atoms with van der Waals surface area (Å²) in [4.78, 5) is 14.6. The zero-order chi connectivity index (χ0) is 8.97. The zero-order valence-electron chi connectivity index (χ0n) is 6.53. The van der Waals surface area contributed by atoms with Gasteiger partial charge < -0.3 is 9.15 Å². The summed E-state index contributed by atoms with van der Waals surface area (Å²) in [6, 6.07) is 0. The number of hydrogen-bond acceptors (Lipinski definition) is 4. The third-order valence-electron chi connectivity index (χ3n) is 1.11. The number of rotatable bonds is 2. The largest absolute Gasteiger partial charge is 0.460 e. The van der Waals surface area contributed by atoms with E-state index < -0.39 is 5.97 Å². The first-order valence-electron chi connectivity index (χ1n) is 3.37. The van der Waals surface area contributed by atoms with Crippen molar-refractivity contribution in [3.05, 3.63) is 17.8 Å². The van der Waals surface area contributed by atoms with Gasteiger partial charge in [-0.3, -0.25) is 0 Å². The molecule has 62 valence electrons. The van der Waals surface area contributed by atoms with Crippen LogP contribution in [0.4, 0.5) is 0 Å². The number of carbonyl (C=O) groups excluding carboxylic acids is 1. The highest BCUT2D eigenvalue weighted by Gasteiger charge is 2.11. The minimum absolute atomic E-state index is 0.0322. The number of ether oxygens (including phenoxy) is 1. The van der Waals surface area contributed by atoms with E-state index in [0.717, 1.165) is 0 Å². The van der Waals surface area contributed by atoms with Crippen LogP contribution in [0.25, 0.3) is 0 Å². The van der Waals surface area contributed by atoms with Gasteiger partial charge in [-0.25, -0.2) is 9.78 Å². The average molecular weight is 165 g/mol. The normalized spacial score (nSPS) is 9.00. The molecule has 4 nitrogen and oxygen atoms in total. The Bertz CT molecular complexity index is 321. The predicted octanol–water partition coefficient (Wildman–Crippen LogP) is 0.833. The smallest absolute Gasteiger partial charge is 0.375 e. The fourth-order valence-corrected chi connectivity index (χ4v) is 0.637. The Morgan fingerprint density at radius 2 is 2.67 bits per heavy atom. The molecule has 0 bridgehead atoms. The van der Waals surface area contributed by atoms with E-state index in [1.165, 1.54) is 6.20 Å². The van der Waals surface area contributed by atoms with Crippen molar-refractivity contribution in [1.29, 1.82) is 0 Å². The molecule has 0 fully saturated rings. The standard InChI is InChI=1S/C8H7NO3/c1-3-7-9-5-6(12-7)8(10)11-4-2/h1,5H,4H2,2H3. The third-order valence-corrected chi connectivity index (χ3v) is 1.11. The Morgan fingerprint density at radius 3 is 3.17 bits per heavy atom. The first kappa shape index (κ1) is 8.34. The topological polar surface area (TPSA) is 52.3 Å².